The molecule has 7 nitrogen and oxygen atoms in total. The predicted octanol–water partition coefficient (Wildman–Crippen LogP) is 2.32. The smallest absolute Gasteiger partial charge is 0.240 e. The minimum absolute atomic E-state index is 0.289. The van der Waals surface area contributed by atoms with Gasteiger partial charge in [0.1, 0.15) is 12.3 Å². The summed E-state index contributed by atoms with van der Waals surface area (Å²) in [5.41, 5.74) is 0.346. The molecule has 27 heavy (non-hydrogen) atoms. The number of rotatable bonds is 10. The summed E-state index contributed by atoms with van der Waals surface area (Å²) >= 11 is 0. The third-order valence-electron chi connectivity index (χ3n) is 4.59. The number of carbonyl (C=O) groups is 1. The van der Waals surface area contributed by atoms with E-state index in [0.717, 1.165) is 23.4 Å². The van der Waals surface area contributed by atoms with Crippen LogP contribution in [0.4, 0.5) is 5.69 Å². The maximum absolute atomic E-state index is 12.2. The lowest BCUT2D eigenvalue weighted by Gasteiger charge is -2.24. The Hall–Kier alpha value is -1.80. The van der Waals surface area contributed by atoms with Crippen LogP contribution in [0.2, 0.25) is 0 Å². The largest absolute Gasteiger partial charge is 0.495 e. The van der Waals surface area contributed by atoms with Gasteiger partial charge in [0, 0.05) is 13.2 Å². The maximum Gasteiger partial charge on any atom is 0.240 e. The lowest BCUT2D eigenvalue weighted by molar-refractivity contribution is -0.119. The summed E-state index contributed by atoms with van der Waals surface area (Å²) in [7, 11) is -2.16. The zero-order valence-corrected chi connectivity index (χ0v) is 17.0. The van der Waals surface area contributed by atoms with Gasteiger partial charge in [0.05, 0.1) is 25.2 Å². The highest BCUT2D eigenvalue weighted by atomic mass is 32.2. The number of amides is 1. The number of nitrogens with zero attached hydrogens (tertiary/aromatic N) is 1. The molecule has 1 saturated carbocycles. The zero-order chi connectivity index (χ0) is 19.7. The van der Waals surface area contributed by atoms with Gasteiger partial charge in [-0.2, -0.15) is 0 Å². The summed E-state index contributed by atoms with van der Waals surface area (Å²) in [6, 6.07) is 6.73. The second-order valence-electron chi connectivity index (χ2n) is 6.78. The molecule has 152 valence electrons. The topological polar surface area (TPSA) is 84.9 Å². The van der Waals surface area contributed by atoms with Crippen molar-refractivity contribution in [1.29, 1.82) is 0 Å². The van der Waals surface area contributed by atoms with E-state index < -0.39 is 10.0 Å². The highest BCUT2D eigenvalue weighted by molar-refractivity contribution is 7.92. The van der Waals surface area contributed by atoms with Crippen molar-refractivity contribution in [2.24, 2.45) is 0 Å². The molecule has 0 heterocycles. The molecule has 2 rings (SSSR count). The van der Waals surface area contributed by atoms with Gasteiger partial charge in [-0.1, -0.05) is 31.4 Å². The van der Waals surface area contributed by atoms with Crippen LogP contribution in [0.15, 0.2) is 24.3 Å². The van der Waals surface area contributed by atoms with Crippen LogP contribution >= 0.6 is 0 Å². The zero-order valence-electron chi connectivity index (χ0n) is 16.1. The number of methoxy groups -OCH3 is 1. The van der Waals surface area contributed by atoms with E-state index in [0.29, 0.717) is 37.1 Å². The molecule has 1 amide bonds. The average Bonchev–Trinajstić information content (AvgIpc) is 2.66. The van der Waals surface area contributed by atoms with E-state index in [9.17, 15) is 13.2 Å². The molecular weight excluding hydrogens is 368 g/mol. The van der Waals surface area contributed by atoms with E-state index >= 15 is 0 Å². The van der Waals surface area contributed by atoms with E-state index in [-0.39, 0.29) is 12.5 Å². The van der Waals surface area contributed by atoms with E-state index in [4.69, 9.17) is 9.47 Å². The van der Waals surface area contributed by atoms with Crippen LogP contribution in [-0.2, 0) is 19.6 Å². The van der Waals surface area contributed by atoms with Crippen molar-refractivity contribution < 1.29 is 22.7 Å². The van der Waals surface area contributed by atoms with Gasteiger partial charge in [-0.3, -0.25) is 9.10 Å². The second kappa shape index (κ2) is 10.5. The average molecular weight is 399 g/mol. The maximum atomic E-state index is 12.2. The monoisotopic (exact) mass is 398 g/mol. The highest BCUT2D eigenvalue weighted by Gasteiger charge is 2.23. The van der Waals surface area contributed by atoms with Gasteiger partial charge in [0.2, 0.25) is 15.9 Å². The molecule has 8 heteroatoms. The van der Waals surface area contributed by atoms with E-state index in [1.165, 1.54) is 26.4 Å². The van der Waals surface area contributed by atoms with Gasteiger partial charge in [-0.15, -0.1) is 0 Å². The van der Waals surface area contributed by atoms with Crippen LogP contribution in [0, 0.1) is 0 Å². The molecule has 0 aromatic heterocycles. The van der Waals surface area contributed by atoms with E-state index in [1.54, 1.807) is 24.3 Å². The summed E-state index contributed by atoms with van der Waals surface area (Å²) < 4.78 is 36.4. The molecule has 1 aromatic carbocycles. The lowest BCUT2D eigenvalue weighted by atomic mass is 9.98. The first-order chi connectivity index (χ1) is 12.9. The first-order valence-electron chi connectivity index (χ1n) is 9.41. The first-order valence-corrected chi connectivity index (χ1v) is 11.3. The molecule has 0 bridgehead atoms. The molecule has 1 fully saturated rings. The van der Waals surface area contributed by atoms with Gasteiger partial charge < -0.3 is 14.8 Å². The first kappa shape index (κ1) is 21.5. The molecule has 0 saturated heterocycles. The molecule has 1 aliphatic carbocycles. The van der Waals surface area contributed by atoms with Gasteiger partial charge >= 0.3 is 0 Å². The Morgan fingerprint density at radius 3 is 2.59 bits per heavy atom. The Bertz CT molecular complexity index is 702. The Kier molecular flexibility index (Phi) is 8.37. The number of ether oxygens (including phenoxy) is 2. The fourth-order valence-corrected chi connectivity index (χ4v) is 4.04. The molecule has 0 aliphatic heterocycles. The van der Waals surface area contributed by atoms with Crippen molar-refractivity contribution in [3.8, 4) is 5.75 Å². The van der Waals surface area contributed by atoms with Crippen LogP contribution in [-0.4, -0.2) is 53.5 Å². The molecule has 0 unspecified atom stereocenters. The van der Waals surface area contributed by atoms with Crippen molar-refractivity contribution in [2.75, 3.05) is 37.4 Å². The highest BCUT2D eigenvalue weighted by Crippen LogP contribution is 2.29. The fraction of sp³-hybridized carbons (Fsp3) is 0.632. The van der Waals surface area contributed by atoms with Crippen molar-refractivity contribution in [1.82, 2.24) is 5.32 Å². The van der Waals surface area contributed by atoms with Gasteiger partial charge in [-0.05, 0) is 31.4 Å². The van der Waals surface area contributed by atoms with Gasteiger partial charge in [0.15, 0.2) is 0 Å². The van der Waals surface area contributed by atoms with Gasteiger partial charge in [0.25, 0.3) is 0 Å². The summed E-state index contributed by atoms with van der Waals surface area (Å²) in [5.74, 6) is 0.0422. The van der Waals surface area contributed by atoms with Gasteiger partial charge in [-0.25, -0.2) is 8.42 Å². The minimum atomic E-state index is -3.63. The number of hydrogen-bond donors (Lipinski definition) is 1. The quantitative estimate of drug-likeness (QED) is 0.612. The molecule has 1 aromatic rings. The lowest BCUT2D eigenvalue weighted by Crippen LogP contribution is -2.41. The van der Waals surface area contributed by atoms with E-state index in [1.807, 2.05) is 0 Å². The Labute approximate surface area is 162 Å². The number of para-hydroxylation sites is 2. The van der Waals surface area contributed by atoms with Crippen LogP contribution in [0.3, 0.4) is 0 Å². The molecule has 0 radical (unpaired) electrons. The van der Waals surface area contributed by atoms with E-state index in [2.05, 4.69) is 5.32 Å². The Morgan fingerprint density at radius 2 is 1.93 bits per heavy atom. The summed E-state index contributed by atoms with van der Waals surface area (Å²) in [4.78, 5) is 12.2. The molecular formula is C19H30N2O5S. The molecule has 1 aliphatic rings. The standard InChI is InChI=1S/C19H30N2O5S/c1-25-18-12-7-6-11-17(18)21(27(2,23)24)15-19(22)20-13-8-14-26-16-9-4-3-5-10-16/h6-7,11-12,16H,3-5,8-10,13-15H2,1-2H3,(H,20,22). The third-order valence-corrected chi connectivity index (χ3v) is 5.72. The third kappa shape index (κ3) is 7.03. The molecule has 1 N–H and O–H groups in total. The normalized spacial score (nSPS) is 15.3. The number of hydrogen-bond acceptors (Lipinski definition) is 5. The Balaban J connectivity index is 1.82. The fourth-order valence-electron chi connectivity index (χ4n) is 3.18. The summed E-state index contributed by atoms with van der Waals surface area (Å²) in [6.07, 6.45) is 8.11. The van der Waals surface area contributed by atoms with Crippen LogP contribution in [0.25, 0.3) is 0 Å². The Morgan fingerprint density at radius 1 is 1.22 bits per heavy atom. The number of sulfonamides is 1. The summed E-state index contributed by atoms with van der Waals surface area (Å²) in [6.45, 7) is 0.769. The van der Waals surface area contributed by atoms with Crippen molar-refractivity contribution >= 4 is 21.6 Å². The number of anilines is 1. The number of carbonyl (C=O) groups excluding carboxylic acids is 1. The minimum Gasteiger partial charge on any atom is -0.495 e. The summed E-state index contributed by atoms with van der Waals surface area (Å²) in [5, 5.41) is 2.76. The van der Waals surface area contributed by atoms with Crippen LogP contribution < -0.4 is 14.4 Å². The van der Waals surface area contributed by atoms with Crippen molar-refractivity contribution in [2.45, 2.75) is 44.6 Å². The SMILES string of the molecule is COc1ccccc1N(CC(=O)NCCCOC1CCCCC1)S(C)(=O)=O. The predicted molar refractivity (Wildman–Crippen MR) is 106 cm³/mol. The number of nitrogens with one attached hydrogen (secondary N) is 1. The van der Waals surface area contributed by atoms with Crippen LogP contribution in [0.5, 0.6) is 5.75 Å². The van der Waals surface area contributed by atoms with Crippen molar-refractivity contribution in [3.05, 3.63) is 24.3 Å². The molecule has 0 spiro atoms. The molecule has 0 atom stereocenters. The van der Waals surface area contributed by atoms with Crippen molar-refractivity contribution in [3.63, 3.8) is 0 Å². The van der Waals surface area contributed by atoms with Crippen LogP contribution in [0.1, 0.15) is 38.5 Å². The number of benzene rings is 1. The second-order valence-corrected chi connectivity index (χ2v) is 8.68.